The summed E-state index contributed by atoms with van der Waals surface area (Å²) < 4.78 is 5.36. The Kier molecular flexibility index (Phi) is 4.85. The van der Waals surface area contributed by atoms with Crippen molar-refractivity contribution in [1.29, 1.82) is 0 Å². The highest BCUT2D eigenvalue weighted by molar-refractivity contribution is 5.80. The van der Waals surface area contributed by atoms with Crippen molar-refractivity contribution in [2.75, 3.05) is 0 Å². The van der Waals surface area contributed by atoms with Crippen LogP contribution in [0.25, 0.3) is 11.0 Å². The van der Waals surface area contributed by atoms with Gasteiger partial charge < -0.3 is 14.6 Å². The van der Waals surface area contributed by atoms with E-state index in [9.17, 15) is 19.8 Å². The molecule has 0 fully saturated rings. The molecule has 0 amide bonds. The Morgan fingerprint density at radius 2 is 1.64 bits per heavy atom. The molecule has 2 N–H and O–H groups in total. The molecule has 0 saturated carbocycles. The van der Waals surface area contributed by atoms with Gasteiger partial charge >= 0.3 is 11.9 Å². The van der Waals surface area contributed by atoms with E-state index >= 15 is 0 Å². The van der Waals surface area contributed by atoms with Crippen molar-refractivity contribution < 1.29 is 24.2 Å². The fourth-order valence-corrected chi connectivity index (χ4v) is 3.09. The SMILES string of the molecule is CCC(C(=O)O)C(c1ccc2ccoc2c1)C(CC)C(=O)O. The number of aliphatic carboxylic acids is 2. The molecule has 1 heterocycles. The van der Waals surface area contributed by atoms with Crippen LogP contribution in [-0.4, -0.2) is 22.2 Å². The molecule has 2 aromatic rings. The first-order chi connectivity index (χ1) is 10.5. The number of hydrogen-bond acceptors (Lipinski definition) is 3. The number of furan rings is 1. The molecule has 0 saturated heterocycles. The summed E-state index contributed by atoms with van der Waals surface area (Å²) in [6.45, 7) is 3.54. The maximum atomic E-state index is 11.6. The van der Waals surface area contributed by atoms with E-state index in [-0.39, 0.29) is 0 Å². The first-order valence-electron chi connectivity index (χ1n) is 7.42. The Balaban J connectivity index is 2.54. The Morgan fingerprint density at radius 1 is 1.05 bits per heavy atom. The predicted molar refractivity (Wildman–Crippen MR) is 81.8 cm³/mol. The first-order valence-corrected chi connectivity index (χ1v) is 7.42. The smallest absolute Gasteiger partial charge is 0.307 e. The van der Waals surface area contributed by atoms with Crippen molar-refractivity contribution in [3.8, 4) is 0 Å². The normalized spacial score (nSPS) is 15.4. The third kappa shape index (κ3) is 2.98. The van der Waals surface area contributed by atoms with Gasteiger partial charge in [-0.3, -0.25) is 9.59 Å². The lowest BCUT2D eigenvalue weighted by atomic mass is 9.74. The lowest BCUT2D eigenvalue weighted by Gasteiger charge is -2.28. The van der Waals surface area contributed by atoms with Crippen LogP contribution in [0.5, 0.6) is 0 Å². The number of carbonyl (C=O) groups is 2. The Hall–Kier alpha value is -2.30. The molecule has 5 heteroatoms. The molecule has 2 rings (SSSR count). The molecule has 0 bridgehead atoms. The molecule has 0 radical (unpaired) electrons. The summed E-state index contributed by atoms with van der Waals surface area (Å²) in [5.41, 5.74) is 1.34. The van der Waals surface area contributed by atoms with E-state index in [1.807, 2.05) is 12.1 Å². The van der Waals surface area contributed by atoms with Gasteiger partial charge in [-0.2, -0.15) is 0 Å². The molecule has 2 atom stereocenters. The van der Waals surface area contributed by atoms with Crippen molar-refractivity contribution in [1.82, 2.24) is 0 Å². The van der Waals surface area contributed by atoms with E-state index in [2.05, 4.69) is 0 Å². The highest BCUT2D eigenvalue weighted by atomic mass is 16.4. The summed E-state index contributed by atoms with van der Waals surface area (Å²) in [7, 11) is 0. The maximum Gasteiger partial charge on any atom is 0.307 e. The third-order valence-electron chi connectivity index (χ3n) is 4.25. The molecule has 118 valence electrons. The van der Waals surface area contributed by atoms with Crippen LogP contribution in [-0.2, 0) is 9.59 Å². The van der Waals surface area contributed by atoms with Crippen LogP contribution >= 0.6 is 0 Å². The zero-order valence-corrected chi connectivity index (χ0v) is 12.7. The molecule has 22 heavy (non-hydrogen) atoms. The van der Waals surface area contributed by atoms with E-state index in [0.29, 0.717) is 24.0 Å². The molecule has 5 nitrogen and oxygen atoms in total. The van der Waals surface area contributed by atoms with E-state index in [0.717, 1.165) is 5.39 Å². The van der Waals surface area contributed by atoms with Gasteiger partial charge in [-0.25, -0.2) is 0 Å². The summed E-state index contributed by atoms with van der Waals surface area (Å²) >= 11 is 0. The summed E-state index contributed by atoms with van der Waals surface area (Å²) in [6, 6.07) is 7.22. The molecular formula is C17H20O5. The largest absolute Gasteiger partial charge is 0.481 e. The molecule has 0 aliphatic heterocycles. The van der Waals surface area contributed by atoms with Crippen LogP contribution in [0.4, 0.5) is 0 Å². The van der Waals surface area contributed by atoms with Crippen LogP contribution in [0.1, 0.15) is 38.2 Å². The minimum absolute atomic E-state index is 0.375. The predicted octanol–water partition coefficient (Wildman–Crippen LogP) is 3.74. The quantitative estimate of drug-likeness (QED) is 0.813. The van der Waals surface area contributed by atoms with Crippen LogP contribution < -0.4 is 0 Å². The van der Waals surface area contributed by atoms with Gasteiger partial charge in [0.1, 0.15) is 5.58 Å². The second-order valence-electron chi connectivity index (χ2n) is 5.45. The number of carboxylic acid groups (broad SMARTS) is 2. The lowest BCUT2D eigenvalue weighted by Crippen LogP contribution is -2.31. The summed E-state index contributed by atoms with van der Waals surface area (Å²) in [6.07, 6.45) is 2.31. The molecule has 0 aliphatic carbocycles. The number of fused-ring (bicyclic) bond motifs is 1. The average Bonchev–Trinajstić information content (AvgIpc) is 2.93. The summed E-state index contributed by atoms with van der Waals surface area (Å²) in [5, 5.41) is 19.9. The van der Waals surface area contributed by atoms with Crippen molar-refractivity contribution in [3.63, 3.8) is 0 Å². The third-order valence-corrected chi connectivity index (χ3v) is 4.25. The number of hydrogen-bond donors (Lipinski definition) is 2. The maximum absolute atomic E-state index is 11.6. The van der Waals surface area contributed by atoms with Gasteiger partial charge in [-0.05, 0) is 30.5 Å². The van der Waals surface area contributed by atoms with Crippen LogP contribution in [0.15, 0.2) is 34.9 Å². The fourth-order valence-electron chi connectivity index (χ4n) is 3.09. The van der Waals surface area contributed by atoms with Crippen molar-refractivity contribution in [2.45, 2.75) is 32.6 Å². The van der Waals surface area contributed by atoms with Gasteiger partial charge in [0.05, 0.1) is 18.1 Å². The number of carboxylic acids is 2. The molecule has 1 aromatic heterocycles. The van der Waals surface area contributed by atoms with Gasteiger partial charge in [0.2, 0.25) is 0 Å². The molecule has 0 spiro atoms. The molecule has 0 aliphatic rings. The summed E-state index contributed by atoms with van der Waals surface area (Å²) in [5.74, 6) is -4.00. The van der Waals surface area contributed by atoms with Crippen molar-refractivity contribution >= 4 is 22.9 Å². The second kappa shape index (κ2) is 6.64. The van der Waals surface area contributed by atoms with Crippen molar-refractivity contribution in [2.24, 2.45) is 11.8 Å². The van der Waals surface area contributed by atoms with Gasteiger partial charge in [0.15, 0.2) is 0 Å². The molecule has 1 aromatic carbocycles. The average molecular weight is 304 g/mol. The Labute approximate surface area is 128 Å². The summed E-state index contributed by atoms with van der Waals surface area (Å²) in [4.78, 5) is 23.2. The van der Waals surface area contributed by atoms with E-state index in [4.69, 9.17) is 4.42 Å². The highest BCUT2D eigenvalue weighted by Gasteiger charge is 2.37. The molecular weight excluding hydrogens is 284 g/mol. The fraction of sp³-hybridized carbons (Fsp3) is 0.412. The van der Waals surface area contributed by atoms with Crippen LogP contribution in [0.3, 0.4) is 0 Å². The minimum Gasteiger partial charge on any atom is -0.481 e. The number of benzene rings is 1. The van der Waals surface area contributed by atoms with Crippen LogP contribution in [0.2, 0.25) is 0 Å². The lowest BCUT2D eigenvalue weighted by molar-refractivity contribution is -0.147. The topological polar surface area (TPSA) is 87.7 Å². The second-order valence-corrected chi connectivity index (χ2v) is 5.45. The van der Waals surface area contributed by atoms with Gasteiger partial charge in [0.25, 0.3) is 0 Å². The van der Waals surface area contributed by atoms with Gasteiger partial charge in [0, 0.05) is 11.3 Å². The van der Waals surface area contributed by atoms with E-state index in [1.165, 1.54) is 0 Å². The first kappa shape index (κ1) is 16.1. The Morgan fingerprint density at radius 3 is 2.14 bits per heavy atom. The monoisotopic (exact) mass is 304 g/mol. The van der Waals surface area contributed by atoms with Crippen LogP contribution in [0, 0.1) is 11.8 Å². The van der Waals surface area contributed by atoms with Crippen molar-refractivity contribution in [3.05, 3.63) is 36.1 Å². The van der Waals surface area contributed by atoms with E-state index in [1.54, 1.807) is 32.2 Å². The zero-order valence-electron chi connectivity index (χ0n) is 12.7. The van der Waals surface area contributed by atoms with Gasteiger partial charge in [-0.1, -0.05) is 26.0 Å². The van der Waals surface area contributed by atoms with E-state index < -0.39 is 29.7 Å². The molecule has 2 unspecified atom stereocenters. The number of rotatable bonds is 7. The highest BCUT2D eigenvalue weighted by Crippen LogP contribution is 2.37. The van der Waals surface area contributed by atoms with Gasteiger partial charge in [-0.15, -0.1) is 0 Å². The minimum atomic E-state index is -0.966. The zero-order chi connectivity index (χ0) is 16.3. The Bertz CT molecular complexity index is 650. The standard InChI is InChI=1S/C17H20O5/c1-3-12(16(18)19)15(13(4-2)17(20)21)11-6-5-10-7-8-22-14(10)9-11/h5-9,12-13,15H,3-4H2,1-2H3,(H,18,19)(H,20,21).